The number of aliphatic hydroxyl groups excluding tert-OH is 1. The van der Waals surface area contributed by atoms with Crippen molar-refractivity contribution in [3.63, 3.8) is 0 Å². The fourth-order valence-corrected chi connectivity index (χ4v) is 3.48. The summed E-state index contributed by atoms with van der Waals surface area (Å²) >= 11 is 5.16. The molecule has 1 aliphatic heterocycles. The average Bonchev–Trinajstić information content (AvgIpc) is 2.75. The first kappa shape index (κ1) is 12.2. The molecule has 0 saturated heterocycles. The van der Waals surface area contributed by atoms with E-state index >= 15 is 0 Å². The minimum Gasteiger partial charge on any atom is -0.484 e. The van der Waals surface area contributed by atoms with E-state index in [9.17, 15) is 5.11 Å². The van der Waals surface area contributed by atoms with Crippen LogP contribution in [0.25, 0.3) is 0 Å². The van der Waals surface area contributed by atoms with E-state index < -0.39 is 6.10 Å². The molecule has 18 heavy (non-hydrogen) atoms. The zero-order valence-electron chi connectivity index (χ0n) is 9.89. The Morgan fingerprint density at radius 3 is 2.89 bits per heavy atom. The minimum absolute atomic E-state index is 0.0412. The van der Waals surface area contributed by atoms with Crippen LogP contribution in [0, 0.1) is 6.92 Å². The highest BCUT2D eigenvalue weighted by atomic mass is 79.9. The zero-order chi connectivity index (χ0) is 12.7. The molecule has 1 aliphatic rings. The lowest BCUT2D eigenvalue weighted by Crippen LogP contribution is -2.18. The summed E-state index contributed by atoms with van der Waals surface area (Å²) in [7, 11) is 0. The zero-order valence-corrected chi connectivity index (χ0v) is 12.3. The summed E-state index contributed by atoms with van der Waals surface area (Å²) in [4.78, 5) is 2.44. The molecule has 1 unspecified atom stereocenters. The SMILES string of the molecule is Cc1ccc(C2C[C@@H](O)c3ccc(Br)cc3O2)s1. The summed E-state index contributed by atoms with van der Waals surface area (Å²) in [5.74, 6) is 0.777. The Morgan fingerprint density at radius 2 is 2.17 bits per heavy atom. The molecule has 2 nitrogen and oxygen atoms in total. The van der Waals surface area contributed by atoms with Gasteiger partial charge in [-0.05, 0) is 31.2 Å². The Hall–Kier alpha value is -0.840. The number of hydrogen-bond acceptors (Lipinski definition) is 3. The Balaban J connectivity index is 1.95. The molecule has 0 amide bonds. The highest BCUT2D eigenvalue weighted by molar-refractivity contribution is 9.10. The summed E-state index contributed by atoms with van der Waals surface area (Å²) < 4.78 is 6.97. The van der Waals surface area contributed by atoms with Gasteiger partial charge in [0, 0.05) is 26.2 Å². The number of hydrogen-bond donors (Lipinski definition) is 1. The van der Waals surface area contributed by atoms with Crippen molar-refractivity contribution in [1.29, 1.82) is 0 Å². The molecule has 0 radical (unpaired) electrons. The second-order valence-corrected chi connectivity index (χ2v) is 6.72. The lowest BCUT2D eigenvalue weighted by atomic mass is 9.98. The minimum atomic E-state index is -0.450. The van der Waals surface area contributed by atoms with Crippen molar-refractivity contribution in [3.05, 3.63) is 50.1 Å². The van der Waals surface area contributed by atoms with Crippen molar-refractivity contribution in [2.75, 3.05) is 0 Å². The Labute approximate surface area is 118 Å². The van der Waals surface area contributed by atoms with E-state index in [1.807, 2.05) is 18.2 Å². The number of halogens is 1. The van der Waals surface area contributed by atoms with Crippen molar-refractivity contribution in [2.45, 2.75) is 25.6 Å². The first-order valence-corrected chi connectivity index (χ1v) is 7.45. The molecule has 2 aromatic rings. The number of aryl methyl sites for hydroxylation is 1. The van der Waals surface area contributed by atoms with Gasteiger partial charge in [0.05, 0.1) is 6.10 Å². The van der Waals surface area contributed by atoms with Gasteiger partial charge in [0.2, 0.25) is 0 Å². The molecule has 1 aromatic heterocycles. The smallest absolute Gasteiger partial charge is 0.136 e. The summed E-state index contributed by atoms with van der Waals surface area (Å²) in [5, 5.41) is 10.2. The molecule has 2 heterocycles. The average molecular weight is 325 g/mol. The van der Waals surface area contributed by atoms with Gasteiger partial charge in [0.15, 0.2) is 0 Å². The topological polar surface area (TPSA) is 29.5 Å². The van der Waals surface area contributed by atoms with Crippen LogP contribution < -0.4 is 4.74 Å². The number of fused-ring (bicyclic) bond motifs is 1. The molecule has 1 N–H and O–H groups in total. The van der Waals surface area contributed by atoms with Crippen LogP contribution in [0.15, 0.2) is 34.8 Å². The van der Waals surface area contributed by atoms with Crippen LogP contribution in [0.5, 0.6) is 5.75 Å². The summed E-state index contributed by atoms with van der Waals surface area (Å²) in [6, 6.07) is 9.94. The quantitative estimate of drug-likeness (QED) is 0.843. The van der Waals surface area contributed by atoms with Gasteiger partial charge in [-0.2, -0.15) is 0 Å². The van der Waals surface area contributed by atoms with Crippen LogP contribution in [0.1, 0.15) is 33.9 Å². The fraction of sp³-hybridized carbons (Fsp3) is 0.286. The van der Waals surface area contributed by atoms with Crippen LogP contribution >= 0.6 is 27.3 Å². The molecule has 1 aromatic carbocycles. The summed E-state index contributed by atoms with van der Waals surface area (Å²) in [6.45, 7) is 2.08. The third-order valence-corrected chi connectivity index (χ3v) is 4.71. The van der Waals surface area contributed by atoms with E-state index in [0.29, 0.717) is 6.42 Å². The highest BCUT2D eigenvalue weighted by Crippen LogP contribution is 2.43. The Kier molecular flexibility index (Phi) is 3.18. The fourth-order valence-electron chi connectivity index (χ4n) is 2.22. The molecule has 0 saturated carbocycles. The lowest BCUT2D eigenvalue weighted by molar-refractivity contribution is 0.0674. The second kappa shape index (κ2) is 4.68. The van der Waals surface area contributed by atoms with Crippen LogP contribution in [0.4, 0.5) is 0 Å². The van der Waals surface area contributed by atoms with Crippen LogP contribution in [0.3, 0.4) is 0 Å². The summed E-state index contributed by atoms with van der Waals surface area (Å²) in [6.07, 6.45) is 0.129. The van der Waals surface area contributed by atoms with Gasteiger partial charge in [0.25, 0.3) is 0 Å². The second-order valence-electron chi connectivity index (χ2n) is 4.49. The lowest BCUT2D eigenvalue weighted by Gasteiger charge is -2.29. The molecule has 0 bridgehead atoms. The molecule has 4 heteroatoms. The van der Waals surface area contributed by atoms with Crippen molar-refractivity contribution >= 4 is 27.3 Å². The van der Waals surface area contributed by atoms with E-state index in [0.717, 1.165) is 15.8 Å². The van der Waals surface area contributed by atoms with Crippen LogP contribution in [0.2, 0.25) is 0 Å². The molecule has 3 rings (SSSR count). The van der Waals surface area contributed by atoms with Gasteiger partial charge in [-0.3, -0.25) is 0 Å². The molecule has 0 fully saturated rings. The third kappa shape index (κ3) is 2.20. The normalized spacial score (nSPS) is 22.4. The number of ether oxygens (including phenoxy) is 1. The standard InChI is InChI=1S/C14H13BrO2S/c1-8-2-5-14(18-8)13-7-11(16)10-4-3-9(15)6-12(10)17-13/h2-6,11,13,16H,7H2,1H3/t11-,13?/m1/s1. The Bertz CT molecular complexity index is 579. The van der Waals surface area contributed by atoms with E-state index in [-0.39, 0.29) is 6.10 Å². The predicted molar refractivity (Wildman–Crippen MR) is 76.1 cm³/mol. The van der Waals surface area contributed by atoms with E-state index in [4.69, 9.17) is 4.74 Å². The molecule has 2 atom stereocenters. The molecule has 0 aliphatic carbocycles. The largest absolute Gasteiger partial charge is 0.484 e. The molecular formula is C14H13BrO2S. The van der Waals surface area contributed by atoms with Gasteiger partial charge in [-0.15, -0.1) is 11.3 Å². The predicted octanol–water partition coefficient (Wildman–Crippen LogP) is 4.38. The monoisotopic (exact) mass is 324 g/mol. The molecule has 94 valence electrons. The van der Waals surface area contributed by atoms with Crippen molar-refractivity contribution in [2.24, 2.45) is 0 Å². The van der Waals surface area contributed by atoms with Crippen LogP contribution in [-0.2, 0) is 0 Å². The maximum atomic E-state index is 10.2. The molecule has 0 spiro atoms. The first-order valence-electron chi connectivity index (χ1n) is 5.84. The number of thiophene rings is 1. The highest BCUT2D eigenvalue weighted by Gasteiger charge is 2.28. The Morgan fingerprint density at radius 1 is 1.33 bits per heavy atom. The molecular weight excluding hydrogens is 312 g/mol. The summed E-state index contributed by atoms with van der Waals surface area (Å²) in [5.41, 5.74) is 0.878. The number of benzene rings is 1. The number of rotatable bonds is 1. The van der Waals surface area contributed by atoms with Crippen molar-refractivity contribution < 1.29 is 9.84 Å². The third-order valence-electron chi connectivity index (χ3n) is 3.12. The van der Waals surface area contributed by atoms with Crippen molar-refractivity contribution in [3.8, 4) is 5.75 Å². The van der Waals surface area contributed by atoms with Crippen LogP contribution in [-0.4, -0.2) is 5.11 Å². The van der Waals surface area contributed by atoms with Gasteiger partial charge in [-0.1, -0.05) is 22.0 Å². The van der Waals surface area contributed by atoms with Gasteiger partial charge in [-0.25, -0.2) is 0 Å². The first-order chi connectivity index (χ1) is 8.63. The maximum absolute atomic E-state index is 10.2. The number of aliphatic hydroxyl groups is 1. The van der Waals surface area contributed by atoms with E-state index in [1.165, 1.54) is 9.75 Å². The van der Waals surface area contributed by atoms with Gasteiger partial charge < -0.3 is 9.84 Å². The van der Waals surface area contributed by atoms with Gasteiger partial charge >= 0.3 is 0 Å². The maximum Gasteiger partial charge on any atom is 0.136 e. The van der Waals surface area contributed by atoms with E-state index in [2.05, 4.69) is 35.0 Å². The van der Waals surface area contributed by atoms with Crippen molar-refractivity contribution in [1.82, 2.24) is 0 Å². The van der Waals surface area contributed by atoms with E-state index in [1.54, 1.807) is 11.3 Å². The van der Waals surface area contributed by atoms with Gasteiger partial charge in [0.1, 0.15) is 11.9 Å².